The van der Waals surface area contributed by atoms with Crippen molar-refractivity contribution in [1.29, 1.82) is 0 Å². The van der Waals surface area contributed by atoms with Gasteiger partial charge in [0.15, 0.2) is 0 Å². The SMILES string of the molecule is O=c1[nH]c2ccc(C(O)c3cc(Cl)ccc3F)cc2[nH]1. The number of benzene rings is 2. The van der Waals surface area contributed by atoms with Gasteiger partial charge in [-0.15, -0.1) is 0 Å². The van der Waals surface area contributed by atoms with Gasteiger partial charge in [0.25, 0.3) is 0 Å². The second-order valence-corrected chi connectivity index (χ2v) is 4.89. The summed E-state index contributed by atoms with van der Waals surface area (Å²) in [4.78, 5) is 16.4. The third-order valence-corrected chi connectivity index (χ3v) is 3.34. The minimum atomic E-state index is -1.16. The molecule has 0 aliphatic carbocycles. The predicted molar refractivity (Wildman–Crippen MR) is 74.4 cm³/mol. The van der Waals surface area contributed by atoms with Gasteiger partial charge in [0.2, 0.25) is 0 Å². The molecule has 3 N–H and O–H groups in total. The minimum Gasteiger partial charge on any atom is -0.384 e. The van der Waals surface area contributed by atoms with Crippen LogP contribution in [0.1, 0.15) is 17.2 Å². The van der Waals surface area contributed by atoms with Crippen LogP contribution in [-0.4, -0.2) is 15.1 Å². The Morgan fingerprint density at radius 3 is 2.65 bits per heavy atom. The van der Waals surface area contributed by atoms with Crippen LogP contribution in [0.5, 0.6) is 0 Å². The highest BCUT2D eigenvalue weighted by Gasteiger charge is 2.16. The van der Waals surface area contributed by atoms with Crippen molar-refractivity contribution >= 4 is 22.6 Å². The van der Waals surface area contributed by atoms with E-state index in [-0.39, 0.29) is 11.3 Å². The van der Waals surface area contributed by atoms with E-state index in [4.69, 9.17) is 11.6 Å². The molecule has 4 nitrogen and oxygen atoms in total. The average Bonchev–Trinajstić information content (AvgIpc) is 2.79. The predicted octanol–water partition coefficient (Wildman–Crippen LogP) is 2.73. The molecule has 102 valence electrons. The first kappa shape index (κ1) is 12.9. The first-order chi connectivity index (χ1) is 9.54. The van der Waals surface area contributed by atoms with Gasteiger partial charge in [0.05, 0.1) is 11.0 Å². The largest absolute Gasteiger partial charge is 0.384 e. The van der Waals surface area contributed by atoms with E-state index in [1.54, 1.807) is 18.2 Å². The fraction of sp³-hybridized carbons (Fsp3) is 0.0714. The Bertz CT molecular complexity index is 841. The van der Waals surface area contributed by atoms with Crippen molar-refractivity contribution in [2.75, 3.05) is 0 Å². The van der Waals surface area contributed by atoms with Crippen LogP contribution < -0.4 is 5.69 Å². The summed E-state index contributed by atoms with van der Waals surface area (Å²) < 4.78 is 13.7. The summed E-state index contributed by atoms with van der Waals surface area (Å²) >= 11 is 5.82. The Balaban J connectivity index is 2.09. The molecule has 0 spiro atoms. The van der Waals surface area contributed by atoms with Gasteiger partial charge in [-0.05, 0) is 35.9 Å². The summed E-state index contributed by atoms with van der Waals surface area (Å²) in [6, 6.07) is 8.87. The number of aromatic amines is 2. The molecule has 1 atom stereocenters. The second-order valence-electron chi connectivity index (χ2n) is 4.45. The lowest BCUT2D eigenvalue weighted by Crippen LogP contribution is -2.02. The van der Waals surface area contributed by atoms with Crippen LogP contribution >= 0.6 is 11.6 Å². The molecular formula is C14H10ClFN2O2. The average molecular weight is 293 g/mol. The molecule has 0 bridgehead atoms. The third-order valence-electron chi connectivity index (χ3n) is 3.11. The molecule has 1 unspecified atom stereocenters. The normalized spacial score (nSPS) is 12.8. The fourth-order valence-corrected chi connectivity index (χ4v) is 2.30. The Morgan fingerprint density at radius 1 is 1.10 bits per heavy atom. The van der Waals surface area contributed by atoms with Gasteiger partial charge < -0.3 is 15.1 Å². The molecule has 0 radical (unpaired) electrons. The van der Waals surface area contributed by atoms with Gasteiger partial charge in [-0.25, -0.2) is 9.18 Å². The summed E-state index contributed by atoms with van der Waals surface area (Å²) in [6.45, 7) is 0. The van der Waals surface area contributed by atoms with Crippen molar-refractivity contribution in [3.05, 3.63) is 68.8 Å². The maximum absolute atomic E-state index is 13.7. The van der Waals surface area contributed by atoms with Gasteiger partial charge in [0.1, 0.15) is 11.9 Å². The van der Waals surface area contributed by atoms with E-state index < -0.39 is 11.9 Å². The van der Waals surface area contributed by atoms with Crippen LogP contribution in [0.4, 0.5) is 4.39 Å². The molecule has 0 aliphatic rings. The number of halogens is 2. The molecule has 0 aliphatic heterocycles. The number of fused-ring (bicyclic) bond motifs is 1. The summed E-state index contributed by atoms with van der Waals surface area (Å²) in [7, 11) is 0. The number of aliphatic hydroxyl groups excluding tert-OH is 1. The van der Waals surface area contributed by atoms with Crippen molar-refractivity contribution in [3.8, 4) is 0 Å². The maximum atomic E-state index is 13.7. The molecule has 0 saturated heterocycles. The summed E-state index contributed by atoms with van der Waals surface area (Å²) in [6.07, 6.45) is -1.16. The van der Waals surface area contributed by atoms with E-state index in [0.29, 0.717) is 21.6 Å². The quantitative estimate of drug-likeness (QED) is 0.680. The van der Waals surface area contributed by atoms with E-state index >= 15 is 0 Å². The zero-order chi connectivity index (χ0) is 14.3. The smallest absolute Gasteiger partial charge is 0.323 e. The molecule has 2 aromatic carbocycles. The van der Waals surface area contributed by atoms with Crippen molar-refractivity contribution in [1.82, 2.24) is 9.97 Å². The first-order valence-corrected chi connectivity index (χ1v) is 6.27. The van der Waals surface area contributed by atoms with Crippen molar-refractivity contribution < 1.29 is 9.50 Å². The minimum absolute atomic E-state index is 0.0923. The lowest BCUT2D eigenvalue weighted by atomic mass is 10.0. The third kappa shape index (κ3) is 2.21. The van der Waals surface area contributed by atoms with Crippen LogP contribution in [0, 0.1) is 5.82 Å². The molecule has 20 heavy (non-hydrogen) atoms. The number of imidazole rings is 1. The van der Waals surface area contributed by atoms with E-state index in [2.05, 4.69) is 9.97 Å². The van der Waals surface area contributed by atoms with E-state index in [0.717, 1.165) is 0 Å². The summed E-state index contributed by atoms with van der Waals surface area (Å²) in [5.74, 6) is -0.537. The Kier molecular flexibility index (Phi) is 3.08. The van der Waals surface area contributed by atoms with Crippen molar-refractivity contribution in [2.24, 2.45) is 0 Å². The van der Waals surface area contributed by atoms with E-state index in [9.17, 15) is 14.3 Å². The molecule has 3 aromatic rings. The molecular weight excluding hydrogens is 283 g/mol. The monoisotopic (exact) mass is 292 g/mol. The molecule has 3 rings (SSSR count). The van der Waals surface area contributed by atoms with Crippen molar-refractivity contribution in [2.45, 2.75) is 6.10 Å². The van der Waals surface area contributed by atoms with Crippen LogP contribution in [-0.2, 0) is 0 Å². The maximum Gasteiger partial charge on any atom is 0.323 e. The van der Waals surface area contributed by atoms with Gasteiger partial charge in [-0.2, -0.15) is 0 Å². The van der Waals surface area contributed by atoms with E-state index in [1.807, 2.05) is 0 Å². The zero-order valence-corrected chi connectivity index (χ0v) is 10.9. The van der Waals surface area contributed by atoms with Crippen LogP contribution in [0.25, 0.3) is 11.0 Å². The standard InChI is InChI=1S/C14H10ClFN2O2/c15-8-2-3-10(16)9(6-8)13(19)7-1-4-11-12(5-7)18-14(20)17-11/h1-6,13,19H,(H2,17,18,20). The molecule has 0 fully saturated rings. The number of hydrogen-bond acceptors (Lipinski definition) is 2. The first-order valence-electron chi connectivity index (χ1n) is 5.89. The Labute approximate surface area is 117 Å². The molecule has 1 aromatic heterocycles. The topological polar surface area (TPSA) is 68.9 Å². The van der Waals surface area contributed by atoms with Gasteiger partial charge in [0, 0.05) is 10.6 Å². The van der Waals surface area contributed by atoms with Gasteiger partial charge >= 0.3 is 5.69 Å². The number of aliphatic hydroxyl groups is 1. The van der Waals surface area contributed by atoms with Crippen LogP contribution in [0.15, 0.2) is 41.2 Å². The fourth-order valence-electron chi connectivity index (χ4n) is 2.12. The lowest BCUT2D eigenvalue weighted by molar-refractivity contribution is 0.215. The summed E-state index contributed by atoms with van der Waals surface area (Å²) in [5.41, 5.74) is 1.40. The number of rotatable bonds is 2. The molecule has 0 saturated carbocycles. The number of H-pyrrole nitrogens is 2. The number of hydrogen-bond donors (Lipinski definition) is 3. The summed E-state index contributed by atoms with van der Waals surface area (Å²) in [5, 5.41) is 10.6. The Morgan fingerprint density at radius 2 is 1.85 bits per heavy atom. The molecule has 0 amide bonds. The number of aromatic nitrogens is 2. The zero-order valence-electron chi connectivity index (χ0n) is 10.2. The molecule has 1 heterocycles. The van der Waals surface area contributed by atoms with Gasteiger partial charge in [-0.3, -0.25) is 0 Å². The second kappa shape index (κ2) is 4.77. The van der Waals surface area contributed by atoms with Crippen molar-refractivity contribution in [3.63, 3.8) is 0 Å². The van der Waals surface area contributed by atoms with Crippen LogP contribution in [0.3, 0.4) is 0 Å². The Hall–Kier alpha value is -2.11. The van der Waals surface area contributed by atoms with Crippen LogP contribution in [0.2, 0.25) is 5.02 Å². The molecule has 6 heteroatoms. The lowest BCUT2D eigenvalue weighted by Gasteiger charge is -2.12. The van der Waals surface area contributed by atoms with E-state index in [1.165, 1.54) is 18.2 Å². The van der Waals surface area contributed by atoms with Gasteiger partial charge in [-0.1, -0.05) is 17.7 Å². The highest BCUT2D eigenvalue weighted by molar-refractivity contribution is 6.30. The highest BCUT2D eigenvalue weighted by atomic mass is 35.5. The highest BCUT2D eigenvalue weighted by Crippen LogP contribution is 2.27. The number of nitrogens with one attached hydrogen (secondary N) is 2.